The van der Waals surface area contributed by atoms with Crippen LogP contribution in [-0.4, -0.2) is 33.3 Å². The topological polar surface area (TPSA) is 72.5 Å². The molecule has 0 atom stereocenters. The third-order valence-electron chi connectivity index (χ3n) is 3.49. The summed E-state index contributed by atoms with van der Waals surface area (Å²) >= 11 is 4.25. The second kappa shape index (κ2) is 7.35. The number of phenolic OH excluding ortho intramolecular Hbond substituents is 1. The number of hydrogen-bond acceptors (Lipinski definition) is 6. The van der Waals surface area contributed by atoms with Crippen LogP contribution in [0.4, 0.5) is 4.39 Å². The lowest BCUT2D eigenvalue weighted by Gasteiger charge is -2.04. The van der Waals surface area contributed by atoms with Crippen molar-refractivity contribution in [2.24, 2.45) is 5.10 Å². The Morgan fingerprint density at radius 3 is 2.72 bits per heavy atom. The highest BCUT2D eigenvalue weighted by atomic mass is 32.1. The maximum Gasteiger partial charge on any atom is 0.208 e. The first-order valence-electron chi connectivity index (χ1n) is 7.36. The van der Waals surface area contributed by atoms with Gasteiger partial charge in [-0.25, -0.2) is 4.39 Å². The maximum atomic E-state index is 13.0. The molecule has 3 aromatic rings. The van der Waals surface area contributed by atoms with E-state index < -0.39 is 0 Å². The molecule has 0 saturated carbocycles. The number of nitrogens with zero attached hydrogens (tertiary/aromatic N) is 4. The van der Waals surface area contributed by atoms with Crippen LogP contribution in [0.2, 0.25) is 0 Å². The number of rotatable bonds is 5. The van der Waals surface area contributed by atoms with Gasteiger partial charge in [-0.15, -0.1) is 22.8 Å². The molecule has 8 heteroatoms. The molecule has 0 unspecified atom stereocenters. The van der Waals surface area contributed by atoms with Gasteiger partial charge >= 0.3 is 0 Å². The van der Waals surface area contributed by atoms with Crippen LogP contribution in [0.25, 0.3) is 0 Å². The summed E-state index contributed by atoms with van der Waals surface area (Å²) in [6.45, 7) is 0. The number of hydrogen-bond donors (Lipinski definition) is 2. The monoisotopic (exact) mass is 358 g/mol. The van der Waals surface area contributed by atoms with Crippen LogP contribution in [0.1, 0.15) is 17.0 Å². The van der Waals surface area contributed by atoms with E-state index in [4.69, 9.17) is 4.74 Å². The van der Waals surface area contributed by atoms with E-state index >= 15 is 0 Å². The van der Waals surface area contributed by atoms with Gasteiger partial charge in [0.1, 0.15) is 5.82 Å². The Balaban J connectivity index is 1.85. The number of halogens is 1. The molecule has 0 spiro atoms. The summed E-state index contributed by atoms with van der Waals surface area (Å²) in [4.78, 5) is 0. The average Bonchev–Trinajstić information content (AvgIpc) is 2.96. The summed E-state index contributed by atoms with van der Waals surface area (Å²) in [5.41, 5.74) is 1.61. The molecular weight excluding hydrogens is 343 g/mol. The van der Waals surface area contributed by atoms with Gasteiger partial charge < -0.3 is 9.84 Å². The number of thiol groups is 1. The normalized spacial score (nSPS) is 11.2. The van der Waals surface area contributed by atoms with Crippen molar-refractivity contribution in [2.45, 2.75) is 11.6 Å². The highest BCUT2D eigenvalue weighted by Crippen LogP contribution is 2.25. The summed E-state index contributed by atoms with van der Waals surface area (Å²) in [5.74, 6) is 0.680. The predicted molar refractivity (Wildman–Crippen MR) is 94.1 cm³/mol. The Bertz CT molecular complexity index is 910. The number of benzene rings is 2. The number of ether oxygens (including phenoxy) is 1. The molecule has 0 bridgehead atoms. The van der Waals surface area contributed by atoms with E-state index in [1.54, 1.807) is 30.5 Å². The smallest absolute Gasteiger partial charge is 0.208 e. The van der Waals surface area contributed by atoms with Crippen molar-refractivity contribution in [1.29, 1.82) is 0 Å². The number of methoxy groups -OCH3 is 1. The molecule has 0 aliphatic rings. The minimum absolute atomic E-state index is 0.0517. The molecule has 0 fully saturated rings. The maximum absolute atomic E-state index is 13.0. The van der Waals surface area contributed by atoms with Crippen LogP contribution in [0, 0.1) is 5.82 Å². The molecule has 2 aromatic carbocycles. The molecule has 6 nitrogen and oxygen atoms in total. The van der Waals surface area contributed by atoms with Gasteiger partial charge in [-0.2, -0.15) is 9.78 Å². The van der Waals surface area contributed by atoms with E-state index in [-0.39, 0.29) is 11.6 Å². The van der Waals surface area contributed by atoms with E-state index in [0.29, 0.717) is 23.2 Å². The first-order valence-corrected chi connectivity index (χ1v) is 7.80. The zero-order chi connectivity index (χ0) is 17.8. The molecule has 1 heterocycles. The average molecular weight is 358 g/mol. The molecule has 0 saturated heterocycles. The Morgan fingerprint density at radius 2 is 2.00 bits per heavy atom. The Labute approximate surface area is 149 Å². The molecule has 0 aliphatic heterocycles. The largest absolute Gasteiger partial charge is 0.504 e. The fourth-order valence-corrected chi connectivity index (χ4v) is 2.43. The summed E-state index contributed by atoms with van der Waals surface area (Å²) in [6.07, 6.45) is 2.02. The fourth-order valence-electron chi connectivity index (χ4n) is 2.21. The Hall–Kier alpha value is -2.87. The second-order valence-electron chi connectivity index (χ2n) is 5.21. The van der Waals surface area contributed by atoms with E-state index in [1.165, 1.54) is 30.0 Å². The van der Waals surface area contributed by atoms with Gasteiger partial charge in [-0.3, -0.25) is 0 Å². The summed E-state index contributed by atoms with van der Waals surface area (Å²) < 4.78 is 19.6. The molecule has 1 N–H and O–H groups in total. The van der Waals surface area contributed by atoms with E-state index in [1.807, 2.05) is 0 Å². The lowest BCUT2D eigenvalue weighted by atomic mass is 10.1. The standard InChI is InChI=1S/C17H15FN4O2S/c1-24-15-8-12(4-7-14(15)23)10-19-22-16(20-21-17(22)25)9-11-2-5-13(18)6-3-11/h2-8,10,23H,9H2,1H3,(H,21,25)/b19-10+. The van der Waals surface area contributed by atoms with Gasteiger partial charge in [-0.05, 0) is 41.5 Å². The van der Waals surface area contributed by atoms with Gasteiger partial charge in [-0.1, -0.05) is 12.1 Å². The third kappa shape index (κ3) is 3.97. The Morgan fingerprint density at radius 1 is 1.24 bits per heavy atom. The number of phenols is 1. The second-order valence-corrected chi connectivity index (χ2v) is 5.61. The van der Waals surface area contributed by atoms with Gasteiger partial charge in [0.25, 0.3) is 0 Å². The molecular formula is C17H15FN4O2S. The lowest BCUT2D eigenvalue weighted by molar-refractivity contribution is 0.373. The molecule has 0 aliphatic carbocycles. The minimum atomic E-state index is -0.292. The number of aromatic hydroxyl groups is 1. The van der Waals surface area contributed by atoms with Crippen molar-refractivity contribution in [3.8, 4) is 11.5 Å². The summed E-state index contributed by atoms with van der Waals surface area (Å²) in [5, 5.41) is 22.3. The quantitative estimate of drug-likeness (QED) is 0.543. The Kier molecular flexibility index (Phi) is 4.99. The summed E-state index contributed by atoms with van der Waals surface area (Å²) in [6, 6.07) is 11.0. The SMILES string of the molecule is COc1cc(/C=N/n2c(S)nnc2Cc2ccc(F)cc2)ccc1O. The van der Waals surface area contributed by atoms with Crippen LogP contribution in [0.5, 0.6) is 11.5 Å². The van der Waals surface area contributed by atoms with Gasteiger partial charge in [0.2, 0.25) is 5.16 Å². The van der Waals surface area contributed by atoms with Gasteiger partial charge in [0.15, 0.2) is 17.3 Å². The first-order chi connectivity index (χ1) is 12.1. The van der Waals surface area contributed by atoms with Crippen molar-refractivity contribution in [3.63, 3.8) is 0 Å². The molecule has 3 rings (SSSR count). The highest BCUT2D eigenvalue weighted by molar-refractivity contribution is 7.80. The first kappa shape index (κ1) is 17.0. The van der Waals surface area contributed by atoms with Crippen LogP contribution in [0.3, 0.4) is 0 Å². The van der Waals surface area contributed by atoms with Crippen LogP contribution in [0.15, 0.2) is 52.7 Å². The van der Waals surface area contributed by atoms with E-state index in [9.17, 15) is 9.50 Å². The van der Waals surface area contributed by atoms with Crippen LogP contribution < -0.4 is 4.74 Å². The molecule has 128 valence electrons. The zero-order valence-electron chi connectivity index (χ0n) is 13.3. The van der Waals surface area contributed by atoms with Crippen molar-refractivity contribution in [2.75, 3.05) is 7.11 Å². The highest BCUT2D eigenvalue weighted by Gasteiger charge is 2.10. The molecule has 1 aromatic heterocycles. The number of aromatic nitrogens is 3. The zero-order valence-corrected chi connectivity index (χ0v) is 14.2. The van der Waals surface area contributed by atoms with Crippen LogP contribution >= 0.6 is 12.6 Å². The van der Waals surface area contributed by atoms with E-state index in [2.05, 4.69) is 27.9 Å². The lowest BCUT2D eigenvalue weighted by Crippen LogP contribution is -2.01. The van der Waals surface area contributed by atoms with Crippen LogP contribution in [-0.2, 0) is 6.42 Å². The molecule has 25 heavy (non-hydrogen) atoms. The van der Waals surface area contributed by atoms with Crippen molar-refractivity contribution >= 4 is 18.8 Å². The molecule has 0 radical (unpaired) electrons. The molecule has 0 amide bonds. The summed E-state index contributed by atoms with van der Waals surface area (Å²) in [7, 11) is 1.47. The van der Waals surface area contributed by atoms with Crippen molar-refractivity contribution in [3.05, 3.63) is 65.2 Å². The minimum Gasteiger partial charge on any atom is -0.504 e. The fraction of sp³-hybridized carbons (Fsp3) is 0.118. The van der Waals surface area contributed by atoms with Crippen molar-refractivity contribution < 1.29 is 14.2 Å². The predicted octanol–water partition coefficient (Wildman–Crippen LogP) is 2.89. The van der Waals surface area contributed by atoms with Gasteiger partial charge in [0.05, 0.1) is 13.3 Å². The third-order valence-corrected chi connectivity index (χ3v) is 3.77. The van der Waals surface area contributed by atoms with Gasteiger partial charge in [0, 0.05) is 6.42 Å². The van der Waals surface area contributed by atoms with Crippen molar-refractivity contribution in [1.82, 2.24) is 14.9 Å². The van der Waals surface area contributed by atoms with E-state index in [0.717, 1.165) is 11.1 Å².